The summed E-state index contributed by atoms with van der Waals surface area (Å²) in [4.78, 5) is 7.33. The Bertz CT molecular complexity index is 2850. The van der Waals surface area contributed by atoms with Crippen LogP contribution in [0.5, 0.6) is 0 Å². The normalized spacial score (nSPS) is 11.5. The molecule has 0 unspecified atom stereocenters. The second kappa shape index (κ2) is 12.1. The van der Waals surface area contributed by atoms with Crippen LogP contribution in [-0.4, -0.2) is 4.98 Å². The Morgan fingerprint density at radius 1 is 0.451 bits per heavy atom. The van der Waals surface area contributed by atoms with Gasteiger partial charge in [0.05, 0.1) is 5.69 Å². The number of rotatable bonds is 6. The molecule has 0 saturated heterocycles. The topological polar surface area (TPSA) is 29.3 Å². The largest absolute Gasteiger partial charge is 0.435 e. The molecule has 0 aliphatic heterocycles. The first kappa shape index (κ1) is 29.4. The van der Waals surface area contributed by atoms with E-state index in [1.165, 1.54) is 36.7 Å². The predicted molar refractivity (Wildman–Crippen MR) is 215 cm³/mol. The number of benzene rings is 8. The average molecular weight is 671 g/mol. The number of hydrogen-bond acceptors (Lipinski definition) is 4. The maximum absolute atomic E-state index is 6.57. The van der Waals surface area contributed by atoms with Gasteiger partial charge in [-0.2, -0.15) is 0 Å². The summed E-state index contributed by atoms with van der Waals surface area (Å²) in [5.74, 6) is 0.632. The molecule has 0 N–H and O–H groups in total. The summed E-state index contributed by atoms with van der Waals surface area (Å²) in [6.07, 6.45) is 0. The summed E-state index contributed by atoms with van der Waals surface area (Å²) in [5, 5.41) is 4.83. The minimum atomic E-state index is 0.632. The molecule has 4 heteroatoms. The second-order valence-electron chi connectivity index (χ2n) is 12.7. The molecule has 0 amide bonds. The van der Waals surface area contributed by atoms with E-state index in [9.17, 15) is 0 Å². The lowest BCUT2D eigenvalue weighted by atomic mass is 10.0. The summed E-state index contributed by atoms with van der Waals surface area (Å²) in [6, 6.07) is 64.5. The van der Waals surface area contributed by atoms with Gasteiger partial charge in [-0.25, -0.2) is 4.98 Å². The van der Waals surface area contributed by atoms with Crippen LogP contribution in [-0.2, 0) is 0 Å². The Hall–Kier alpha value is -6.49. The van der Waals surface area contributed by atoms with Gasteiger partial charge in [-0.3, -0.25) is 0 Å². The number of oxazole rings is 1. The van der Waals surface area contributed by atoms with E-state index in [0.717, 1.165) is 50.2 Å². The third-order valence-corrected chi connectivity index (χ3v) is 10.9. The van der Waals surface area contributed by atoms with Crippen LogP contribution in [0.3, 0.4) is 0 Å². The van der Waals surface area contributed by atoms with Gasteiger partial charge in [0.15, 0.2) is 5.58 Å². The molecule has 2 heterocycles. The molecule has 0 aliphatic rings. The Morgan fingerprint density at radius 3 is 1.88 bits per heavy atom. The molecular weight excluding hydrogens is 641 g/mol. The molecule has 0 radical (unpaired) electrons. The Kier molecular flexibility index (Phi) is 7.00. The van der Waals surface area contributed by atoms with Crippen molar-refractivity contribution < 1.29 is 4.42 Å². The first-order chi connectivity index (χ1) is 25.3. The SMILES string of the molecule is c1ccc(-c2ccc(N(c3ccc(-c4cccc5nc(-c6cccc7ccccc67)oc45)cc3)c3cccc4sc5ccccc5c34)cc2)cc1. The standard InChI is InChI=1S/C47H30N2OS/c1-2-11-31(12-3-1)32-23-27-35(28-24-32)49(42-20-10-22-44-45(42)40-16-6-7-21-43(40)51-44)36-29-25-34(26-30-36)38-17-9-19-41-46(38)50-47(48-41)39-18-8-14-33-13-4-5-15-37(33)39/h1-30H. The van der Waals surface area contributed by atoms with E-state index < -0.39 is 0 Å². The summed E-state index contributed by atoms with van der Waals surface area (Å²) in [6.45, 7) is 0. The number of hydrogen-bond donors (Lipinski definition) is 0. The first-order valence-corrected chi connectivity index (χ1v) is 17.9. The number of nitrogens with zero attached hydrogens (tertiary/aromatic N) is 2. The van der Waals surface area contributed by atoms with Crippen molar-refractivity contribution in [3.05, 3.63) is 182 Å². The molecule has 8 aromatic carbocycles. The Balaban J connectivity index is 1.09. The van der Waals surface area contributed by atoms with Crippen molar-refractivity contribution in [2.24, 2.45) is 0 Å². The van der Waals surface area contributed by atoms with Crippen molar-refractivity contribution in [2.45, 2.75) is 0 Å². The predicted octanol–water partition coefficient (Wildman–Crippen LogP) is 13.8. The minimum Gasteiger partial charge on any atom is -0.435 e. The molecular formula is C47H30N2OS. The molecule has 0 fully saturated rings. The molecule has 240 valence electrons. The molecule has 10 rings (SSSR count). The van der Waals surface area contributed by atoms with Gasteiger partial charge in [-0.05, 0) is 82.1 Å². The van der Waals surface area contributed by atoms with Crippen LogP contribution in [0.1, 0.15) is 0 Å². The lowest BCUT2D eigenvalue weighted by molar-refractivity contribution is 0.621. The highest BCUT2D eigenvalue weighted by Gasteiger charge is 2.20. The fraction of sp³-hybridized carbons (Fsp3) is 0. The number of para-hydroxylation sites is 1. The zero-order valence-corrected chi connectivity index (χ0v) is 28.3. The number of aromatic nitrogens is 1. The van der Waals surface area contributed by atoms with E-state index in [-0.39, 0.29) is 0 Å². The smallest absolute Gasteiger partial charge is 0.227 e. The second-order valence-corrected chi connectivity index (χ2v) is 13.8. The Morgan fingerprint density at radius 2 is 1.06 bits per heavy atom. The highest BCUT2D eigenvalue weighted by atomic mass is 32.1. The zero-order chi connectivity index (χ0) is 33.7. The highest BCUT2D eigenvalue weighted by Crippen LogP contribution is 2.45. The van der Waals surface area contributed by atoms with Crippen molar-refractivity contribution in [1.82, 2.24) is 4.98 Å². The van der Waals surface area contributed by atoms with Gasteiger partial charge < -0.3 is 9.32 Å². The summed E-state index contributed by atoms with van der Waals surface area (Å²) < 4.78 is 9.13. The van der Waals surface area contributed by atoms with Crippen LogP contribution in [0.4, 0.5) is 17.1 Å². The molecule has 51 heavy (non-hydrogen) atoms. The van der Waals surface area contributed by atoms with Gasteiger partial charge >= 0.3 is 0 Å². The highest BCUT2D eigenvalue weighted by molar-refractivity contribution is 7.26. The molecule has 2 aromatic heterocycles. The summed E-state index contributed by atoms with van der Waals surface area (Å²) in [5.41, 5.74) is 10.4. The lowest BCUT2D eigenvalue weighted by Gasteiger charge is -2.27. The fourth-order valence-corrected chi connectivity index (χ4v) is 8.42. The third kappa shape index (κ3) is 5.08. The molecule has 0 bridgehead atoms. The van der Waals surface area contributed by atoms with Crippen molar-refractivity contribution >= 4 is 70.4 Å². The molecule has 0 saturated carbocycles. The van der Waals surface area contributed by atoms with Gasteiger partial charge in [0.25, 0.3) is 0 Å². The van der Waals surface area contributed by atoms with Crippen LogP contribution in [0, 0.1) is 0 Å². The van der Waals surface area contributed by atoms with Gasteiger partial charge in [-0.1, -0.05) is 127 Å². The lowest BCUT2D eigenvalue weighted by Crippen LogP contribution is -2.10. The maximum Gasteiger partial charge on any atom is 0.227 e. The van der Waals surface area contributed by atoms with E-state index in [0.29, 0.717) is 5.89 Å². The van der Waals surface area contributed by atoms with Crippen molar-refractivity contribution in [1.29, 1.82) is 0 Å². The number of thiophene rings is 1. The quantitative estimate of drug-likeness (QED) is 0.176. The average Bonchev–Trinajstić information content (AvgIpc) is 3.81. The summed E-state index contributed by atoms with van der Waals surface area (Å²) >= 11 is 1.84. The maximum atomic E-state index is 6.57. The molecule has 0 aliphatic carbocycles. The molecule has 10 aromatic rings. The molecule has 0 spiro atoms. The summed E-state index contributed by atoms with van der Waals surface area (Å²) in [7, 11) is 0. The Labute approximate surface area is 299 Å². The van der Waals surface area contributed by atoms with E-state index in [2.05, 4.69) is 181 Å². The van der Waals surface area contributed by atoms with E-state index in [4.69, 9.17) is 9.40 Å². The number of fused-ring (bicyclic) bond motifs is 5. The monoisotopic (exact) mass is 670 g/mol. The zero-order valence-electron chi connectivity index (χ0n) is 27.5. The van der Waals surface area contributed by atoms with Crippen LogP contribution in [0.2, 0.25) is 0 Å². The third-order valence-electron chi connectivity index (χ3n) is 9.73. The van der Waals surface area contributed by atoms with Crippen LogP contribution >= 0.6 is 11.3 Å². The number of anilines is 3. The van der Waals surface area contributed by atoms with Crippen molar-refractivity contribution in [3.63, 3.8) is 0 Å². The van der Waals surface area contributed by atoms with Gasteiger partial charge in [0, 0.05) is 42.7 Å². The van der Waals surface area contributed by atoms with Crippen LogP contribution in [0.25, 0.3) is 75.8 Å². The van der Waals surface area contributed by atoms with Gasteiger partial charge in [-0.15, -0.1) is 11.3 Å². The van der Waals surface area contributed by atoms with Crippen molar-refractivity contribution in [2.75, 3.05) is 4.90 Å². The molecule has 0 atom stereocenters. The first-order valence-electron chi connectivity index (χ1n) is 17.1. The fourth-order valence-electron chi connectivity index (χ4n) is 7.30. The van der Waals surface area contributed by atoms with Gasteiger partial charge in [0.2, 0.25) is 5.89 Å². The minimum absolute atomic E-state index is 0.632. The van der Waals surface area contributed by atoms with Crippen molar-refractivity contribution in [3.8, 4) is 33.7 Å². The molecule has 3 nitrogen and oxygen atoms in total. The van der Waals surface area contributed by atoms with Crippen LogP contribution in [0.15, 0.2) is 186 Å². The van der Waals surface area contributed by atoms with E-state index in [1.54, 1.807) is 0 Å². The van der Waals surface area contributed by atoms with E-state index >= 15 is 0 Å². The van der Waals surface area contributed by atoms with Gasteiger partial charge in [0.1, 0.15) is 5.52 Å². The van der Waals surface area contributed by atoms with E-state index in [1.807, 2.05) is 17.4 Å². The van der Waals surface area contributed by atoms with Crippen LogP contribution < -0.4 is 4.90 Å².